The minimum absolute atomic E-state index is 0. The molecule has 1 atom stereocenters. The van der Waals surface area contributed by atoms with Gasteiger partial charge in [-0.1, -0.05) is 0 Å². The van der Waals surface area contributed by atoms with Crippen LogP contribution >= 0.6 is 12.4 Å². The van der Waals surface area contributed by atoms with Gasteiger partial charge in [0.15, 0.2) is 0 Å². The minimum atomic E-state index is -0.818. The predicted octanol–water partition coefficient (Wildman–Crippen LogP) is 1.98. The highest BCUT2D eigenvalue weighted by molar-refractivity contribution is 6.62. The summed E-state index contributed by atoms with van der Waals surface area (Å²) in [6, 6.07) is 4.72. The second-order valence-corrected chi connectivity index (χ2v) is 7.85. The summed E-state index contributed by atoms with van der Waals surface area (Å²) < 4.78 is 26.2. The van der Waals surface area contributed by atoms with Gasteiger partial charge in [0.05, 0.1) is 11.2 Å². The molecule has 2 heterocycles. The molecule has 1 amide bonds. The first kappa shape index (κ1) is 21.2. The Morgan fingerprint density at radius 2 is 1.88 bits per heavy atom. The maximum Gasteiger partial charge on any atom is 0.497 e. The number of likely N-dealkylation sites (N-methyl/N-ethyl adjacent to an activating group) is 1. The van der Waals surface area contributed by atoms with E-state index >= 15 is 0 Å². The van der Waals surface area contributed by atoms with Crippen molar-refractivity contribution in [3.05, 3.63) is 29.6 Å². The number of carbonyl (C=O) groups is 1. The molecule has 2 aliphatic rings. The van der Waals surface area contributed by atoms with Crippen LogP contribution in [0.1, 0.15) is 44.5 Å². The fraction of sp³-hybridized carbons (Fsp3) is 0.611. The van der Waals surface area contributed by atoms with Crippen LogP contribution in [-0.4, -0.2) is 55.3 Å². The number of nitrogens with zero attached hydrogens (tertiary/aromatic N) is 1. The molecule has 0 spiro atoms. The van der Waals surface area contributed by atoms with Crippen LogP contribution in [-0.2, 0) is 9.31 Å². The highest BCUT2D eigenvalue weighted by Gasteiger charge is 2.52. The van der Waals surface area contributed by atoms with Gasteiger partial charge in [0.2, 0.25) is 0 Å². The minimum Gasteiger partial charge on any atom is -0.399 e. The quantitative estimate of drug-likeness (QED) is 0.810. The highest BCUT2D eigenvalue weighted by atomic mass is 35.5. The van der Waals surface area contributed by atoms with Crippen LogP contribution in [0.25, 0.3) is 0 Å². The molecular formula is C18H27BClFN2O3. The lowest BCUT2D eigenvalue weighted by atomic mass is 9.78. The molecule has 3 rings (SSSR count). The van der Waals surface area contributed by atoms with Crippen LogP contribution in [0.5, 0.6) is 0 Å². The van der Waals surface area contributed by atoms with E-state index in [9.17, 15) is 9.18 Å². The van der Waals surface area contributed by atoms with E-state index in [-0.39, 0.29) is 23.8 Å². The van der Waals surface area contributed by atoms with E-state index in [1.54, 1.807) is 11.0 Å². The van der Waals surface area contributed by atoms with Gasteiger partial charge in [-0.25, -0.2) is 4.39 Å². The topological polar surface area (TPSA) is 50.8 Å². The van der Waals surface area contributed by atoms with Gasteiger partial charge in [0.1, 0.15) is 5.82 Å². The number of nitrogens with one attached hydrogen (secondary N) is 1. The molecule has 26 heavy (non-hydrogen) atoms. The number of carbonyl (C=O) groups excluding carboxylic acids is 1. The second-order valence-electron chi connectivity index (χ2n) is 7.85. The SMILES string of the molecule is CN[C@H]1CCN(C(=O)c2ccc(F)c(B3OC(C)(C)C(C)(C)O3)c2)C1.Cl. The normalized spacial score (nSPS) is 23.8. The summed E-state index contributed by atoms with van der Waals surface area (Å²) in [6.07, 6.45) is 0.924. The molecular weight excluding hydrogens is 357 g/mol. The smallest absolute Gasteiger partial charge is 0.399 e. The van der Waals surface area contributed by atoms with Gasteiger partial charge in [-0.15, -0.1) is 12.4 Å². The Morgan fingerprint density at radius 3 is 2.42 bits per heavy atom. The third-order valence-corrected chi connectivity index (χ3v) is 5.63. The zero-order chi connectivity index (χ0) is 18.4. The molecule has 0 unspecified atom stereocenters. The molecule has 2 fully saturated rings. The second kappa shape index (κ2) is 7.47. The predicted molar refractivity (Wildman–Crippen MR) is 103 cm³/mol. The summed E-state index contributed by atoms with van der Waals surface area (Å²) in [5.74, 6) is -0.514. The lowest BCUT2D eigenvalue weighted by molar-refractivity contribution is 0.00578. The van der Waals surface area contributed by atoms with Crippen LogP contribution < -0.4 is 10.8 Å². The third-order valence-electron chi connectivity index (χ3n) is 5.63. The van der Waals surface area contributed by atoms with E-state index in [0.29, 0.717) is 24.7 Å². The molecule has 0 aromatic heterocycles. The molecule has 2 aliphatic heterocycles. The van der Waals surface area contributed by atoms with Crippen LogP contribution in [0.15, 0.2) is 18.2 Å². The molecule has 0 bridgehead atoms. The van der Waals surface area contributed by atoms with Crippen molar-refractivity contribution >= 4 is 30.9 Å². The Kier molecular flexibility index (Phi) is 6.08. The number of hydrogen-bond donors (Lipinski definition) is 1. The Bertz CT molecular complexity index is 670. The van der Waals surface area contributed by atoms with Crippen LogP contribution in [0.3, 0.4) is 0 Å². The molecule has 144 valence electrons. The van der Waals surface area contributed by atoms with Gasteiger partial charge in [-0.2, -0.15) is 0 Å². The lowest BCUT2D eigenvalue weighted by Gasteiger charge is -2.32. The maximum atomic E-state index is 14.4. The molecule has 5 nitrogen and oxygen atoms in total. The molecule has 0 radical (unpaired) electrons. The zero-order valence-corrected chi connectivity index (χ0v) is 16.8. The summed E-state index contributed by atoms with van der Waals surface area (Å²) in [5, 5.41) is 3.19. The number of amides is 1. The average molecular weight is 385 g/mol. The summed E-state index contributed by atoms with van der Waals surface area (Å²) in [4.78, 5) is 14.5. The van der Waals surface area contributed by atoms with Gasteiger partial charge in [0.25, 0.3) is 5.91 Å². The first-order valence-electron chi connectivity index (χ1n) is 8.76. The molecule has 0 aliphatic carbocycles. The molecule has 1 aromatic carbocycles. The van der Waals surface area contributed by atoms with E-state index in [1.165, 1.54) is 12.1 Å². The van der Waals surface area contributed by atoms with Gasteiger partial charge in [0, 0.05) is 30.2 Å². The summed E-state index contributed by atoms with van der Waals surface area (Å²) in [7, 11) is 1.08. The van der Waals surface area contributed by atoms with Gasteiger partial charge in [-0.05, 0) is 59.4 Å². The Morgan fingerprint density at radius 1 is 1.27 bits per heavy atom. The Balaban J connectivity index is 0.00000243. The van der Waals surface area contributed by atoms with Crippen molar-refractivity contribution in [3.63, 3.8) is 0 Å². The monoisotopic (exact) mass is 384 g/mol. The molecule has 8 heteroatoms. The summed E-state index contributed by atoms with van der Waals surface area (Å²) >= 11 is 0. The number of benzene rings is 1. The highest BCUT2D eigenvalue weighted by Crippen LogP contribution is 2.36. The molecule has 1 aromatic rings. The summed E-state index contributed by atoms with van der Waals surface area (Å²) in [5.41, 5.74) is -0.380. The number of rotatable bonds is 3. The molecule has 1 N–H and O–H groups in total. The maximum absolute atomic E-state index is 14.4. The summed E-state index contributed by atoms with van der Waals surface area (Å²) in [6.45, 7) is 9.04. The van der Waals surface area contributed by atoms with Crippen molar-refractivity contribution in [1.82, 2.24) is 10.2 Å². The van der Waals surface area contributed by atoms with Crippen LogP contribution in [0.4, 0.5) is 4.39 Å². The largest absolute Gasteiger partial charge is 0.497 e. The van der Waals surface area contributed by atoms with Crippen molar-refractivity contribution in [1.29, 1.82) is 0 Å². The van der Waals surface area contributed by atoms with Crippen LogP contribution in [0.2, 0.25) is 0 Å². The van der Waals surface area contributed by atoms with Crippen molar-refractivity contribution in [2.45, 2.75) is 51.4 Å². The standard InChI is InChI=1S/C18H26BFN2O3.ClH/c1-17(2)18(3,4)25-19(24-17)14-10-12(6-7-15(14)20)16(23)22-9-8-13(11-22)21-5;/h6-7,10,13,21H,8-9,11H2,1-5H3;1H/t13-;/m0./s1. The molecule has 0 saturated carbocycles. The van der Waals surface area contributed by atoms with Gasteiger partial charge in [-0.3, -0.25) is 4.79 Å². The van der Waals surface area contributed by atoms with E-state index in [0.717, 1.165) is 6.42 Å². The third kappa shape index (κ3) is 3.76. The van der Waals surface area contributed by atoms with Gasteiger partial charge >= 0.3 is 7.12 Å². The Hall–Kier alpha value is -1.15. The van der Waals surface area contributed by atoms with E-state index in [1.807, 2.05) is 34.7 Å². The van der Waals surface area contributed by atoms with Crippen molar-refractivity contribution in [2.24, 2.45) is 0 Å². The van der Waals surface area contributed by atoms with Crippen molar-refractivity contribution < 1.29 is 18.5 Å². The number of hydrogen-bond acceptors (Lipinski definition) is 4. The zero-order valence-electron chi connectivity index (χ0n) is 16.0. The first-order valence-corrected chi connectivity index (χ1v) is 8.76. The van der Waals surface area contributed by atoms with E-state index in [4.69, 9.17) is 9.31 Å². The fourth-order valence-corrected chi connectivity index (χ4v) is 3.19. The number of likely N-dealkylation sites (tertiary alicyclic amines) is 1. The first-order chi connectivity index (χ1) is 11.6. The van der Waals surface area contributed by atoms with Gasteiger partial charge < -0.3 is 19.5 Å². The van der Waals surface area contributed by atoms with E-state index in [2.05, 4.69) is 5.32 Å². The average Bonchev–Trinajstić information content (AvgIpc) is 3.09. The van der Waals surface area contributed by atoms with Crippen LogP contribution in [0, 0.1) is 5.82 Å². The Labute approximate surface area is 161 Å². The molecule has 2 saturated heterocycles. The van der Waals surface area contributed by atoms with E-state index < -0.39 is 24.1 Å². The van der Waals surface area contributed by atoms with Crippen molar-refractivity contribution in [2.75, 3.05) is 20.1 Å². The lowest BCUT2D eigenvalue weighted by Crippen LogP contribution is -2.41. The van der Waals surface area contributed by atoms with Crippen molar-refractivity contribution in [3.8, 4) is 0 Å². The number of halogens is 2. The fourth-order valence-electron chi connectivity index (χ4n) is 3.19.